The highest BCUT2D eigenvalue weighted by Crippen LogP contribution is 2.57. The summed E-state index contributed by atoms with van der Waals surface area (Å²) in [4.78, 5) is 102. The average Bonchev–Trinajstić information content (AvgIpc) is 0.695. The van der Waals surface area contributed by atoms with Gasteiger partial charge in [-0.05, 0) is 121 Å². The van der Waals surface area contributed by atoms with Crippen molar-refractivity contribution in [2.24, 2.45) is 9.98 Å². The molecule has 106 heavy (non-hydrogen) atoms. The summed E-state index contributed by atoms with van der Waals surface area (Å²) in [6.45, 7) is 16.9. The van der Waals surface area contributed by atoms with Gasteiger partial charge in [-0.3, -0.25) is 0 Å². The lowest BCUT2D eigenvalue weighted by Crippen LogP contribution is -2.50. The summed E-state index contributed by atoms with van der Waals surface area (Å²) in [5.74, 6) is -2.16. The molecule has 0 atom stereocenters. The number of aliphatic hydroxyl groups is 2. The standard InChI is InChI=1S/C41H40N2O8S2.C28H24O2S2.C7H9NO3.C6H7NO3/c1-6-36(44)48-25-23-42-38(46)50-40(28-15-19-30(52-4)20-16-28)32-11-7-9-13-34(32)41(35-14-10-8-12-33(35)40,29-17-21-31(53-5)22-18-29)51-39(47)43-24-26-49-37(45)27(2)3;1-31-21-15-11-19(12-16-21)27(29)23-7-3-5-9-25(23)28(30,26-10-6-4-8-24(26)27)20-13-17-22(32-2)18-14-20;1-6(2)7(10)11-4-3-8-5-9;1-2-6(9)10-4-3-7-5-8/h6-22H,1-2,23-26H2,3-5H3,(H,42,46)(H,43,47);3-18,29-30H,1-2H3;1,3-4H2,2H3;2H,1,3-4H2. The minimum absolute atomic E-state index is 0.0140. The van der Waals surface area contributed by atoms with E-state index in [1.165, 1.54) is 12.2 Å². The quantitative estimate of drug-likeness (QED) is 0.00745. The number of isocyanates is 2. The highest BCUT2D eigenvalue weighted by molar-refractivity contribution is 7.99. The first-order chi connectivity index (χ1) is 51.1. The lowest BCUT2D eigenvalue weighted by atomic mass is 9.63. The third kappa shape index (κ3) is 19.6. The normalized spacial score (nSPS) is 16.5. The molecule has 0 saturated carbocycles. The molecule has 10 rings (SSSR count). The van der Waals surface area contributed by atoms with Crippen LogP contribution in [0.4, 0.5) is 9.59 Å². The number of nitrogens with one attached hydrogen (secondary N) is 2. The van der Waals surface area contributed by atoms with Gasteiger partial charge in [-0.15, -0.1) is 47.0 Å². The van der Waals surface area contributed by atoms with Gasteiger partial charge in [-0.25, -0.2) is 48.3 Å². The summed E-state index contributed by atoms with van der Waals surface area (Å²) < 4.78 is 32.5. The Labute approximate surface area is 632 Å². The second-order valence-electron chi connectivity index (χ2n) is 23.0. The van der Waals surface area contributed by atoms with Crippen molar-refractivity contribution in [3.63, 3.8) is 0 Å². The van der Waals surface area contributed by atoms with Gasteiger partial charge in [0.05, 0.1) is 26.2 Å². The van der Waals surface area contributed by atoms with Gasteiger partial charge in [0.1, 0.15) is 37.6 Å². The van der Waals surface area contributed by atoms with Crippen molar-refractivity contribution in [3.05, 3.63) is 310 Å². The molecule has 4 N–H and O–H groups in total. The van der Waals surface area contributed by atoms with Crippen LogP contribution in [-0.2, 0) is 79.6 Å². The van der Waals surface area contributed by atoms with Crippen molar-refractivity contribution in [2.45, 2.75) is 55.8 Å². The van der Waals surface area contributed by atoms with E-state index >= 15 is 0 Å². The largest absolute Gasteiger partial charge is 0.461 e. The number of fused-ring (bicyclic) bond motifs is 4. The highest BCUT2D eigenvalue weighted by atomic mass is 32.2. The molecule has 0 spiro atoms. The van der Waals surface area contributed by atoms with Gasteiger partial charge in [-0.1, -0.05) is 172 Å². The van der Waals surface area contributed by atoms with E-state index in [0.717, 1.165) is 42.9 Å². The van der Waals surface area contributed by atoms with Crippen molar-refractivity contribution in [1.29, 1.82) is 0 Å². The Morgan fingerprint density at radius 3 is 0.934 bits per heavy atom. The highest BCUT2D eigenvalue weighted by Gasteiger charge is 2.57. The second kappa shape index (κ2) is 39.9. The Bertz CT molecular complexity index is 4360. The fourth-order valence-electron chi connectivity index (χ4n) is 11.7. The number of thioether (sulfide) groups is 4. The number of carbonyl (C=O) groups excluding carboxylic acids is 8. The van der Waals surface area contributed by atoms with Crippen LogP contribution in [0.3, 0.4) is 0 Å². The molecule has 2 amide bonds. The van der Waals surface area contributed by atoms with Gasteiger partial charge in [0, 0.05) is 76.3 Å². The third-order valence-electron chi connectivity index (χ3n) is 16.5. The number of hydrogen-bond donors (Lipinski definition) is 4. The Hall–Kier alpha value is -10.8. The van der Waals surface area contributed by atoms with Crippen molar-refractivity contribution in [3.8, 4) is 0 Å². The molecule has 2 aliphatic rings. The fraction of sp³-hybridized carbons (Fsp3) is 0.220. The van der Waals surface area contributed by atoms with Crippen LogP contribution in [0.25, 0.3) is 0 Å². The maximum absolute atomic E-state index is 13.9. The van der Waals surface area contributed by atoms with Crippen molar-refractivity contribution >= 4 is 95.3 Å². The van der Waals surface area contributed by atoms with Gasteiger partial charge in [0.15, 0.2) is 11.2 Å². The molecule has 0 heterocycles. The van der Waals surface area contributed by atoms with Crippen molar-refractivity contribution in [1.82, 2.24) is 10.6 Å². The summed E-state index contributed by atoms with van der Waals surface area (Å²) in [5.41, 5.74) is 2.68. The van der Waals surface area contributed by atoms with Crippen LogP contribution in [0.1, 0.15) is 80.6 Å². The first-order valence-electron chi connectivity index (χ1n) is 32.8. The van der Waals surface area contributed by atoms with Crippen LogP contribution in [0.2, 0.25) is 0 Å². The van der Waals surface area contributed by atoms with E-state index in [9.17, 15) is 48.6 Å². The number of carbonyl (C=O) groups is 6. The molecule has 24 heteroatoms. The molecule has 8 aromatic rings. The molecule has 0 aromatic heterocycles. The van der Waals surface area contributed by atoms with Crippen LogP contribution >= 0.6 is 47.0 Å². The van der Waals surface area contributed by atoms with Gasteiger partial charge in [0.2, 0.25) is 12.2 Å². The monoisotopic (exact) mass is 1500 g/mol. The molecule has 548 valence electrons. The minimum atomic E-state index is -1.54. The summed E-state index contributed by atoms with van der Waals surface area (Å²) in [5, 5.41) is 30.1. The minimum Gasteiger partial charge on any atom is -0.461 e. The number of hydrogen-bond acceptors (Lipinski definition) is 22. The number of benzene rings is 8. The lowest BCUT2D eigenvalue weighted by Gasteiger charge is -2.48. The number of esters is 4. The van der Waals surface area contributed by atoms with E-state index < -0.39 is 58.5 Å². The molecule has 0 radical (unpaired) electrons. The van der Waals surface area contributed by atoms with Crippen molar-refractivity contribution in [2.75, 3.05) is 77.6 Å². The molecule has 0 unspecified atom stereocenters. The lowest BCUT2D eigenvalue weighted by molar-refractivity contribution is -0.139. The Balaban J connectivity index is 0.000000247. The zero-order chi connectivity index (χ0) is 76.9. The number of nitrogens with zero attached hydrogens (tertiary/aromatic N) is 2. The van der Waals surface area contributed by atoms with Crippen molar-refractivity contribution < 1.29 is 77.0 Å². The maximum atomic E-state index is 13.9. The molecular weight excluding hydrogens is 1430 g/mol. The van der Waals surface area contributed by atoms with Crippen LogP contribution in [0, 0.1) is 0 Å². The maximum Gasteiger partial charge on any atom is 0.408 e. The van der Waals surface area contributed by atoms with E-state index in [1.807, 2.05) is 219 Å². The topological polar surface area (TPSA) is 281 Å². The number of rotatable bonds is 26. The van der Waals surface area contributed by atoms with Crippen LogP contribution in [0.5, 0.6) is 0 Å². The van der Waals surface area contributed by atoms with E-state index in [1.54, 1.807) is 60.9 Å². The van der Waals surface area contributed by atoms with E-state index in [4.69, 9.17) is 18.9 Å². The van der Waals surface area contributed by atoms with Crippen LogP contribution < -0.4 is 10.6 Å². The number of alkyl carbamates (subject to hydrolysis) is 2. The number of amides is 2. The Morgan fingerprint density at radius 2 is 0.660 bits per heavy atom. The predicted octanol–water partition coefficient (Wildman–Crippen LogP) is 13.8. The van der Waals surface area contributed by atoms with Gasteiger partial charge in [-0.2, -0.15) is 0 Å². The van der Waals surface area contributed by atoms with Gasteiger partial charge >= 0.3 is 36.1 Å². The molecule has 2 aliphatic carbocycles. The molecule has 0 aliphatic heterocycles. The molecule has 0 saturated heterocycles. The zero-order valence-electron chi connectivity index (χ0n) is 59.3. The zero-order valence-corrected chi connectivity index (χ0v) is 62.5. The summed E-state index contributed by atoms with van der Waals surface area (Å²) >= 11 is 6.50. The molecule has 20 nitrogen and oxygen atoms in total. The summed E-state index contributed by atoms with van der Waals surface area (Å²) in [6, 6.07) is 61.7. The van der Waals surface area contributed by atoms with Gasteiger partial charge < -0.3 is 49.3 Å². The summed E-state index contributed by atoms with van der Waals surface area (Å²) in [6.07, 6.45) is 11.2. The number of aliphatic imine (C=N–C) groups is 2. The van der Waals surface area contributed by atoms with Gasteiger partial charge in [0.25, 0.3) is 0 Å². The third-order valence-corrected chi connectivity index (χ3v) is 19.5. The van der Waals surface area contributed by atoms with Crippen LogP contribution in [0.15, 0.2) is 273 Å². The Morgan fingerprint density at radius 1 is 0.406 bits per heavy atom. The first-order valence-corrected chi connectivity index (χ1v) is 37.7. The fourth-order valence-corrected chi connectivity index (χ4v) is 13.3. The summed E-state index contributed by atoms with van der Waals surface area (Å²) in [7, 11) is 0. The SMILES string of the molecule is C=C(C)C(=O)OCCN=C=O.C=CC(=O)OCCN=C=O.C=CC(=O)OCCNC(=O)OC1(c2ccc(SC)cc2)c2ccccc2C(OC(=O)NCCOC(=O)C(=C)C)(c2ccc(SC)cc2)c2ccccc21.CSc1ccc(C2(O)c3ccccc3C(O)(c3ccc(SC)cc3)c3ccccc32)cc1. The first kappa shape index (κ1) is 82.5. The van der Waals surface area contributed by atoms with E-state index in [-0.39, 0.29) is 58.2 Å². The Kier molecular flexibility index (Phi) is 31.1. The second-order valence-corrected chi connectivity index (χ2v) is 26.6. The van der Waals surface area contributed by atoms with E-state index in [0.29, 0.717) is 61.2 Å². The number of ether oxygens (including phenoxy) is 6. The van der Waals surface area contributed by atoms with Crippen LogP contribution in [-0.4, -0.2) is 136 Å². The molecule has 8 aromatic carbocycles. The predicted molar refractivity (Wildman–Crippen MR) is 411 cm³/mol. The molecule has 0 bridgehead atoms. The smallest absolute Gasteiger partial charge is 0.408 e. The molecule has 0 fully saturated rings. The van der Waals surface area contributed by atoms with E-state index in [2.05, 4.69) is 56.4 Å². The average molecular weight is 1510 g/mol. The molecular formula is C82H80N4O16S4.